The number of aromatic nitrogens is 2. The van der Waals surface area contributed by atoms with Crippen LogP contribution < -0.4 is 10.9 Å². The van der Waals surface area contributed by atoms with Gasteiger partial charge in [-0.1, -0.05) is 6.92 Å². The van der Waals surface area contributed by atoms with Crippen molar-refractivity contribution in [2.75, 3.05) is 13.7 Å². The van der Waals surface area contributed by atoms with Gasteiger partial charge >= 0.3 is 5.97 Å². The van der Waals surface area contributed by atoms with E-state index in [4.69, 9.17) is 4.98 Å². The number of hydrogen-bond acceptors (Lipinski definition) is 6. The highest BCUT2D eigenvalue weighted by Crippen LogP contribution is 2.35. The van der Waals surface area contributed by atoms with Gasteiger partial charge in [-0.15, -0.1) is 11.3 Å². The summed E-state index contributed by atoms with van der Waals surface area (Å²) < 4.78 is 4.63. The van der Waals surface area contributed by atoms with Gasteiger partial charge < -0.3 is 15.0 Å². The molecule has 0 amide bonds. The molecule has 0 bridgehead atoms. The molecule has 136 valence electrons. The van der Waals surface area contributed by atoms with E-state index in [9.17, 15) is 9.59 Å². The molecule has 0 saturated carbocycles. The van der Waals surface area contributed by atoms with Crippen LogP contribution in [-0.2, 0) is 22.4 Å². The van der Waals surface area contributed by atoms with E-state index in [1.54, 1.807) is 11.3 Å². The van der Waals surface area contributed by atoms with Crippen LogP contribution in [0.4, 0.5) is 0 Å². The van der Waals surface area contributed by atoms with Crippen LogP contribution in [0.15, 0.2) is 4.79 Å². The van der Waals surface area contributed by atoms with Crippen molar-refractivity contribution in [1.29, 1.82) is 0 Å². The van der Waals surface area contributed by atoms with Gasteiger partial charge in [0.25, 0.3) is 5.56 Å². The fourth-order valence-electron chi connectivity index (χ4n) is 3.32. The highest BCUT2D eigenvalue weighted by Gasteiger charge is 2.23. The molecule has 6 nitrogen and oxygen atoms in total. The zero-order chi connectivity index (χ0) is 18.0. The van der Waals surface area contributed by atoms with E-state index in [2.05, 4.69) is 22.0 Å². The molecule has 7 heteroatoms. The first kappa shape index (κ1) is 18.1. The molecule has 3 rings (SSSR count). The normalized spacial score (nSPS) is 18.1. The topological polar surface area (TPSA) is 84.1 Å². The third-order valence-corrected chi connectivity index (χ3v) is 5.98. The third kappa shape index (κ3) is 3.93. The number of aromatic amines is 1. The molecule has 0 aliphatic heterocycles. The molecular weight excluding hydrogens is 338 g/mol. The molecular formula is C18H25N3O3S. The molecule has 0 unspecified atom stereocenters. The lowest BCUT2D eigenvalue weighted by molar-refractivity contribution is -0.140. The Morgan fingerprint density at radius 3 is 3.08 bits per heavy atom. The number of nitrogens with zero attached hydrogens (tertiary/aromatic N) is 1. The molecule has 0 fully saturated rings. The van der Waals surface area contributed by atoms with Crippen molar-refractivity contribution < 1.29 is 9.53 Å². The molecule has 1 aliphatic rings. The second-order valence-electron chi connectivity index (χ2n) is 6.84. The molecule has 0 spiro atoms. The van der Waals surface area contributed by atoms with Crippen molar-refractivity contribution >= 4 is 27.5 Å². The summed E-state index contributed by atoms with van der Waals surface area (Å²) in [5.41, 5.74) is 1.17. The number of carbonyl (C=O) groups excluding carboxylic acids is 1. The van der Waals surface area contributed by atoms with Crippen molar-refractivity contribution in [1.82, 2.24) is 15.3 Å². The molecule has 25 heavy (non-hydrogen) atoms. The molecule has 2 aromatic heterocycles. The molecule has 0 radical (unpaired) electrons. The number of thiophene rings is 1. The fraction of sp³-hybridized carbons (Fsp3) is 0.611. The number of nitrogens with one attached hydrogen (secondary N) is 2. The predicted molar refractivity (Wildman–Crippen MR) is 99.1 cm³/mol. The zero-order valence-corrected chi connectivity index (χ0v) is 15.8. The standard InChI is InChI=1S/C18H25N3O3S/c1-10-6-7-12-13(9-10)25-18-15(12)17(23)20-16(21-18)11(2)19-8-4-5-14(22)24-3/h10-11,19H,4-9H2,1-3H3,(H,20,21,23)/t10-,11+/m1/s1. The largest absolute Gasteiger partial charge is 0.469 e. The van der Waals surface area contributed by atoms with E-state index >= 15 is 0 Å². The van der Waals surface area contributed by atoms with Crippen molar-refractivity contribution in [3.05, 3.63) is 26.6 Å². The SMILES string of the molecule is COC(=O)CCCN[C@@H](C)c1nc2sc3c(c2c(=O)[nH]1)CC[C@@H](C)C3. The van der Waals surface area contributed by atoms with Crippen LogP contribution in [0.1, 0.15) is 55.4 Å². The predicted octanol–water partition coefficient (Wildman–Crippen LogP) is 2.71. The Morgan fingerprint density at radius 2 is 2.32 bits per heavy atom. The summed E-state index contributed by atoms with van der Waals surface area (Å²) in [6.45, 7) is 4.89. The van der Waals surface area contributed by atoms with Crippen molar-refractivity contribution in [2.45, 2.75) is 52.0 Å². The lowest BCUT2D eigenvalue weighted by Crippen LogP contribution is -2.25. The van der Waals surface area contributed by atoms with Gasteiger partial charge in [-0.3, -0.25) is 9.59 Å². The van der Waals surface area contributed by atoms with Crippen LogP contribution in [0.3, 0.4) is 0 Å². The minimum absolute atomic E-state index is 0.0322. The van der Waals surface area contributed by atoms with E-state index in [0.29, 0.717) is 31.1 Å². The molecule has 2 heterocycles. The van der Waals surface area contributed by atoms with E-state index in [1.165, 1.54) is 17.6 Å². The summed E-state index contributed by atoms with van der Waals surface area (Å²) in [6, 6.07) is -0.0761. The summed E-state index contributed by atoms with van der Waals surface area (Å²) in [7, 11) is 1.39. The van der Waals surface area contributed by atoms with Gasteiger partial charge in [-0.2, -0.15) is 0 Å². The summed E-state index contributed by atoms with van der Waals surface area (Å²) in [4.78, 5) is 33.5. The van der Waals surface area contributed by atoms with E-state index < -0.39 is 0 Å². The van der Waals surface area contributed by atoms with Gasteiger partial charge in [0.2, 0.25) is 0 Å². The van der Waals surface area contributed by atoms with Crippen LogP contribution in [0.2, 0.25) is 0 Å². The van der Waals surface area contributed by atoms with Crippen molar-refractivity contribution in [3.63, 3.8) is 0 Å². The Balaban J connectivity index is 1.74. The second kappa shape index (κ2) is 7.66. The first-order chi connectivity index (χ1) is 12.0. The molecule has 1 aliphatic carbocycles. The zero-order valence-electron chi connectivity index (χ0n) is 15.0. The van der Waals surface area contributed by atoms with Gasteiger partial charge in [0.1, 0.15) is 10.7 Å². The average molecular weight is 363 g/mol. The van der Waals surface area contributed by atoms with Gasteiger partial charge in [0.15, 0.2) is 0 Å². The van der Waals surface area contributed by atoms with Gasteiger partial charge in [0, 0.05) is 11.3 Å². The first-order valence-corrected chi connectivity index (χ1v) is 9.66. The Kier molecular flexibility index (Phi) is 5.54. The minimum Gasteiger partial charge on any atom is -0.469 e. The monoisotopic (exact) mass is 363 g/mol. The summed E-state index contributed by atoms with van der Waals surface area (Å²) in [6.07, 6.45) is 4.23. The summed E-state index contributed by atoms with van der Waals surface area (Å²) >= 11 is 1.66. The molecule has 0 aromatic carbocycles. The van der Waals surface area contributed by atoms with Crippen LogP contribution in [-0.4, -0.2) is 29.6 Å². The minimum atomic E-state index is -0.208. The quantitative estimate of drug-likeness (QED) is 0.609. The third-order valence-electron chi connectivity index (χ3n) is 4.83. The van der Waals surface area contributed by atoms with Crippen molar-refractivity contribution in [2.24, 2.45) is 5.92 Å². The molecule has 2 aromatic rings. The summed E-state index contributed by atoms with van der Waals surface area (Å²) in [5, 5.41) is 4.09. The Morgan fingerprint density at radius 1 is 1.52 bits per heavy atom. The second-order valence-corrected chi connectivity index (χ2v) is 7.92. The van der Waals surface area contributed by atoms with E-state index in [-0.39, 0.29) is 17.6 Å². The summed E-state index contributed by atoms with van der Waals surface area (Å²) in [5.74, 6) is 1.12. The number of methoxy groups -OCH3 is 1. The number of fused-ring (bicyclic) bond motifs is 3. The number of aryl methyl sites for hydroxylation is 1. The number of carbonyl (C=O) groups is 1. The van der Waals surface area contributed by atoms with E-state index in [0.717, 1.165) is 29.5 Å². The highest BCUT2D eigenvalue weighted by atomic mass is 32.1. The van der Waals surface area contributed by atoms with Gasteiger partial charge in [-0.25, -0.2) is 4.98 Å². The lowest BCUT2D eigenvalue weighted by atomic mass is 9.89. The lowest BCUT2D eigenvalue weighted by Gasteiger charge is -2.17. The van der Waals surface area contributed by atoms with Gasteiger partial charge in [0.05, 0.1) is 18.5 Å². The van der Waals surface area contributed by atoms with Gasteiger partial charge in [-0.05, 0) is 50.6 Å². The molecule has 2 N–H and O–H groups in total. The first-order valence-electron chi connectivity index (χ1n) is 8.84. The Hall–Kier alpha value is -1.73. The maximum Gasteiger partial charge on any atom is 0.305 e. The number of ether oxygens (including phenoxy) is 1. The molecule has 0 saturated heterocycles. The highest BCUT2D eigenvalue weighted by molar-refractivity contribution is 7.18. The van der Waals surface area contributed by atoms with Crippen LogP contribution in [0, 0.1) is 5.92 Å². The number of hydrogen-bond donors (Lipinski definition) is 2. The maximum atomic E-state index is 12.6. The maximum absolute atomic E-state index is 12.6. The van der Waals surface area contributed by atoms with Crippen LogP contribution in [0.5, 0.6) is 0 Å². The number of H-pyrrole nitrogens is 1. The smallest absolute Gasteiger partial charge is 0.305 e. The Labute approximate surface area is 151 Å². The van der Waals surface area contributed by atoms with Crippen LogP contribution >= 0.6 is 11.3 Å². The van der Waals surface area contributed by atoms with Crippen molar-refractivity contribution in [3.8, 4) is 0 Å². The average Bonchev–Trinajstić information content (AvgIpc) is 2.95. The van der Waals surface area contributed by atoms with Crippen LogP contribution in [0.25, 0.3) is 10.2 Å². The Bertz CT molecular complexity index is 827. The fourth-order valence-corrected chi connectivity index (χ4v) is 4.71. The number of rotatable bonds is 6. The molecule has 2 atom stereocenters. The van der Waals surface area contributed by atoms with E-state index in [1.807, 2.05) is 6.92 Å². The number of esters is 1.